The number of nitrogens with zero attached hydrogens (tertiary/aromatic N) is 2. The smallest absolute Gasteiger partial charge is 0.124 e. The van der Waals surface area contributed by atoms with Gasteiger partial charge in [0.15, 0.2) is 0 Å². The lowest BCUT2D eigenvalue weighted by Crippen LogP contribution is -2.27. The molecule has 2 rings (SSSR count). The molecule has 0 aliphatic rings. The van der Waals surface area contributed by atoms with E-state index < -0.39 is 0 Å². The van der Waals surface area contributed by atoms with Gasteiger partial charge in [-0.15, -0.1) is 0 Å². The van der Waals surface area contributed by atoms with Crippen LogP contribution < -0.4 is 5.73 Å². The first-order valence-electron chi connectivity index (χ1n) is 6.83. The first-order chi connectivity index (χ1) is 9.92. The van der Waals surface area contributed by atoms with Crippen LogP contribution in [0.15, 0.2) is 18.2 Å². The van der Waals surface area contributed by atoms with Crippen LogP contribution in [-0.2, 0) is 19.4 Å². The van der Waals surface area contributed by atoms with E-state index in [2.05, 4.69) is 5.10 Å². The van der Waals surface area contributed by atoms with Gasteiger partial charge in [-0.3, -0.25) is 4.68 Å². The van der Waals surface area contributed by atoms with Crippen molar-refractivity contribution < 1.29 is 4.39 Å². The number of aromatic nitrogens is 2. The van der Waals surface area contributed by atoms with Crippen molar-refractivity contribution >= 4 is 23.2 Å². The van der Waals surface area contributed by atoms with Gasteiger partial charge in [0.05, 0.1) is 16.4 Å². The van der Waals surface area contributed by atoms with Crippen molar-refractivity contribution in [2.24, 2.45) is 5.73 Å². The number of hydrogen-bond acceptors (Lipinski definition) is 2. The first kappa shape index (κ1) is 16.3. The molecule has 1 unspecified atom stereocenters. The fraction of sp³-hybridized carbons (Fsp3) is 0.400. The standard InChI is InChI=1S/C15H18Cl2FN3/c1-3-21-14(15(17)9(2)20-21)8-12(19)6-10-4-5-11(18)7-13(10)16/h4-5,7,12H,3,6,8,19H2,1-2H3. The molecule has 1 atom stereocenters. The summed E-state index contributed by atoms with van der Waals surface area (Å²) < 4.78 is 14.9. The van der Waals surface area contributed by atoms with Gasteiger partial charge in [-0.1, -0.05) is 29.3 Å². The van der Waals surface area contributed by atoms with Crippen molar-refractivity contribution in [3.05, 3.63) is 51.0 Å². The molecule has 0 saturated heterocycles. The number of aryl methyl sites for hydroxylation is 2. The molecule has 1 aromatic heterocycles. The fourth-order valence-corrected chi connectivity index (χ4v) is 2.81. The Hall–Kier alpha value is -1.10. The minimum Gasteiger partial charge on any atom is -0.327 e. The van der Waals surface area contributed by atoms with Crippen LogP contribution in [0.2, 0.25) is 10.0 Å². The Morgan fingerprint density at radius 2 is 2.05 bits per heavy atom. The molecule has 1 aromatic carbocycles. The highest BCUT2D eigenvalue weighted by atomic mass is 35.5. The van der Waals surface area contributed by atoms with E-state index in [1.54, 1.807) is 6.07 Å². The molecule has 0 spiro atoms. The maximum Gasteiger partial charge on any atom is 0.124 e. The molecule has 0 bridgehead atoms. The summed E-state index contributed by atoms with van der Waals surface area (Å²) in [6, 6.07) is 4.20. The van der Waals surface area contributed by atoms with E-state index >= 15 is 0 Å². The SMILES string of the molecule is CCn1nc(C)c(Cl)c1CC(N)Cc1ccc(F)cc1Cl. The molecule has 6 heteroatoms. The maximum atomic E-state index is 13.0. The summed E-state index contributed by atoms with van der Waals surface area (Å²) in [6.45, 7) is 4.63. The minimum atomic E-state index is -0.347. The third-order valence-corrected chi connectivity index (χ3v) is 4.25. The molecule has 21 heavy (non-hydrogen) atoms. The summed E-state index contributed by atoms with van der Waals surface area (Å²) in [5.41, 5.74) is 8.77. The highest BCUT2D eigenvalue weighted by Crippen LogP contribution is 2.23. The Balaban J connectivity index is 2.13. The summed E-state index contributed by atoms with van der Waals surface area (Å²) in [5.74, 6) is -0.347. The summed E-state index contributed by atoms with van der Waals surface area (Å²) in [4.78, 5) is 0. The molecule has 0 aliphatic carbocycles. The molecule has 2 N–H and O–H groups in total. The predicted molar refractivity (Wildman–Crippen MR) is 84.4 cm³/mol. The summed E-state index contributed by atoms with van der Waals surface area (Å²) in [6.07, 6.45) is 1.16. The average molecular weight is 330 g/mol. The van der Waals surface area contributed by atoms with E-state index in [1.165, 1.54) is 12.1 Å². The Morgan fingerprint density at radius 3 is 2.67 bits per heavy atom. The number of rotatable bonds is 5. The van der Waals surface area contributed by atoms with Gasteiger partial charge in [0.2, 0.25) is 0 Å². The number of hydrogen-bond donors (Lipinski definition) is 1. The lowest BCUT2D eigenvalue weighted by Gasteiger charge is -2.14. The number of benzene rings is 1. The molecule has 3 nitrogen and oxygen atoms in total. The monoisotopic (exact) mass is 329 g/mol. The van der Waals surface area contributed by atoms with Crippen LogP contribution in [-0.4, -0.2) is 15.8 Å². The van der Waals surface area contributed by atoms with Gasteiger partial charge in [0, 0.05) is 24.0 Å². The Kier molecular flexibility index (Phi) is 5.25. The quantitative estimate of drug-likeness (QED) is 0.907. The summed E-state index contributed by atoms with van der Waals surface area (Å²) >= 11 is 12.3. The Bertz CT molecular complexity index is 640. The van der Waals surface area contributed by atoms with Crippen LogP contribution in [0.3, 0.4) is 0 Å². The lowest BCUT2D eigenvalue weighted by molar-refractivity contribution is 0.573. The fourth-order valence-electron chi connectivity index (χ4n) is 2.35. The molecular weight excluding hydrogens is 312 g/mol. The summed E-state index contributed by atoms with van der Waals surface area (Å²) in [7, 11) is 0. The topological polar surface area (TPSA) is 43.8 Å². The van der Waals surface area contributed by atoms with Crippen LogP contribution in [0.1, 0.15) is 23.9 Å². The highest BCUT2D eigenvalue weighted by molar-refractivity contribution is 6.32. The number of halogens is 3. The third kappa shape index (κ3) is 3.76. The second kappa shape index (κ2) is 6.77. The van der Waals surface area contributed by atoms with Crippen LogP contribution in [0.4, 0.5) is 4.39 Å². The highest BCUT2D eigenvalue weighted by Gasteiger charge is 2.17. The van der Waals surface area contributed by atoms with Gasteiger partial charge in [-0.25, -0.2) is 4.39 Å². The molecule has 0 aliphatic heterocycles. The zero-order valence-electron chi connectivity index (χ0n) is 12.0. The van der Waals surface area contributed by atoms with Crippen molar-refractivity contribution in [3.63, 3.8) is 0 Å². The van der Waals surface area contributed by atoms with E-state index in [-0.39, 0.29) is 11.9 Å². The van der Waals surface area contributed by atoms with Gasteiger partial charge in [-0.2, -0.15) is 5.10 Å². The molecule has 0 saturated carbocycles. The van der Waals surface area contributed by atoms with Crippen LogP contribution in [0.5, 0.6) is 0 Å². The Morgan fingerprint density at radius 1 is 1.33 bits per heavy atom. The molecule has 2 aromatic rings. The predicted octanol–water partition coefficient (Wildman–Crippen LogP) is 3.77. The molecule has 0 fully saturated rings. The average Bonchev–Trinajstić information content (AvgIpc) is 2.69. The van der Waals surface area contributed by atoms with Gasteiger partial charge < -0.3 is 5.73 Å². The normalized spacial score (nSPS) is 12.7. The Labute approximate surface area is 133 Å². The molecule has 114 valence electrons. The third-order valence-electron chi connectivity index (χ3n) is 3.41. The lowest BCUT2D eigenvalue weighted by atomic mass is 10.0. The number of nitrogens with two attached hydrogens (primary N) is 1. The van der Waals surface area contributed by atoms with E-state index in [0.29, 0.717) is 22.9 Å². The second-order valence-electron chi connectivity index (χ2n) is 5.07. The van der Waals surface area contributed by atoms with Crippen LogP contribution in [0, 0.1) is 12.7 Å². The molecule has 0 radical (unpaired) electrons. The van der Waals surface area contributed by atoms with E-state index in [4.69, 9.17) is 28.9 Å². The van der Waals surface area contributed by atoms with Crippen molar-refractivity contribution in [1.82, 2.24) is 9.78 Å². The van der Waals surface area contributed by atoms with Gasteiger partial charge in [0.1, 0.15) is 5.82 Å². The first-order valence-corrected chi connectivity index (χ1v) is 7.59. The largest absolute Gasteiger partial charge is 0.327 e. The summed E-state index contributed by atoms with van der Waals surface area (Å²) in [5, 5.41) is 5.44. The van der Waals surface area contributed by atoms with E-state index in [9.17, 15) is 4.39 Å². The van der Waals surface area contributed by atoms with E-state index in [0.717, 1.165) is 23.5 Å². The van der Waals surface area contributed by atoms with Gasteiger partial charge in [0.25, 0.3) is 0 Å². The zero-order valence-corrected chi connectivity index (χ0v) is 13.5. The van der Waals surface area contributed by atoms with Crippen molar-refractivity contribution in [2.75, 3.05) is 0 Å². The maximum absolute atomic E-state index is 13.0. The molecular formula is C15H18Cl2FN3. The van der Waals surface area contributed by atoms with Crippen molar-refractivity contribution in [1.29, 1.82) is 0 Å². The van der Waals surface area contributed by atoms with E-state index in [1.807, 2.05) is 18.5 Å². The van der Waals surface area contributed by atoms with Crippen molar-refractivity contribution in [2.45, 2.75) is 39.3 Å². The second-order valence-corrected chi connectivity index (χ2v) is 5.85. The van der Waals surface area contributed by atoms with Gasteiger partial charge in [-0.05, 0) is 38.0 Å². The van der Waals surface area contributed by atoms with Crippen molar-refractivity contribution in [3.8, 4) is 0 Å². The molecule has 1 heterocycles. The van der Waals surface area contributed by atoms with Crippen LogP contribution >= 0.6 is 23.2 Å². The minimum absolute atomic E-state index is 0.160. The zero-order chi connectivity index (χ0) is 15.6. The molecule has 0 amide bonds. The van der Waals surface area contributed by atoms with Gasteiger partial charge >= 0.3 is 0 Å². The van der Waals surface area contributed by atoms with Crippen LogP contribution in [0.25, 0.3) is 0 Å².